The van der Waals surface area contributed by atoms with Crippen molar-refractivity contribution in [1.82, 2.24) is 0 Å². The summed E-state index contributed by atoms with van der Waals surface area (Å²) in [6.45, 7) is 0. The highest BCUT2D eigenvalue weighted by Gasteiger charge is 2.13. The van der Waals surface area contributed by atoms with Gasteiger partial charge >= 0.3 is 6.03 Å². The zero-order valence-electron chi connectivity index (χ0n) is 11.7. The van der Waals surface area contributed by atoms with Gasteiger partial charge in [-0.3, -0.25) is 0 Å². The second-order valence-corrected chi connectivity index (χ2v) is 4.17. The highest BCUT2D eigenvalue weighted by atomic mass is 16.5. The van der Waals surface area contributed by atoms with Gasteiger partial charge in [0.15, 0.2) is 0 Å². The quantitative estimate of drug-likeness (QED) is 0.807. The van der Waals surface area contributed by atoms with E-state index >= 15 is 0 Å². The van der Waals surface area contributed by atoms with Gasteiger partial charge in [-0.15, -0.1) is 0 Å². The number of para-hydroxylation sites is 1. The first-order valence-electron chi connectivity index (χ1n) is 6.22. The first-order chi connectivity index (χ1) is 10.1. The molecule has 2 amide bonds. The molecule has 21 heavy (non-hydrogen) atoms. The maximum Gasteiger partial charge on any atom is 0.323 e. The number of phenols is 1. The molecule has 6 nitrogen and oxygen atoms in total. The Labute approximate surface area is 122 Å². The van der Waals surface area contributed by atoms with Gasteiger partial charge in [0.25, 0.3) is 0 Å². The molecule has 0 aromatic heterocycles. The van der Waals surface area contributed by atoms with Crippen LogP contribution in [0.2, 0.25) is 0 Å². The molecular formula is C15H16N2O4. The standard InChI is InChI=1S/C15H16N2O4/c1-20-12-7-4-8-13(21-2)14(12)17-15(19)16-10-5-3-6-11(18)9-10/h3-9,18H,1-2H3,(H2,16,17,19). The van der Waals surface area contributed by atoms with E-state index in [0.717, 1.165) is 0 Å². The number of carbonyl (C=O) groups excluding carboxylic acids is 1. The zero-order valence-corrected chi connectivity index (χ0v) is 11.7. The van der Waals surface area contributed by atoms with Crippen molar-refractivity contribution in [2.75, 3.05) is 24.9 Å². The largest absolute Gasteiger partial charge is 0.508 e. The van der Waals surface area contributed by atoms with Crippen LogP contribution < -0.4 is 20.1 Å². The number of phenolic OH excluding ortho intramolecular Hbond substituents is 1. The van der Waals surface area contributed by atoms with Gasteiger partial charge in [0, 0.05) is 11.8 Å². The van der Waals surface area contributed by atoms with Gasteiger partial charge in [0.05, 0.1) is 14.2 Å². The van der Waals surface area contributed by atoms with Crippen LogP contribution in [0, 0.1) is 0 Å². The van der Waals surface area contributed by atoms with Gasteiger partial charge in [-0.1, -0.05) is 12.1 Å². The second kappa shape index (κ2) is 6.51. The number of hydrogen-bond donors (Lipinski definition) is 3. The van der Waals surface area contributed by atoms with Gasteiger partial charge in [0.2, 0.25) is 0 Å². The lowest BCUT2D eigenvalue weighted by atomic mass is 10.2. The third-order valence-corrected chi connectivity index (χ3v) is 2.77. The zero-order chi connectivity index (χ0) is 15.2. The molecule has 6 heteroatoms. The van der Waals surface area contributed by atoms with Crippen LogP contribution in [0.5, 0.6) is 17.2 Å². The molecular weight excluding hydrogens is 272 g/mol. The van der Waals surface area contributed by atoms with Crippen molar-refractivity contribution < 1.29 is 19.4 Å². The molecule has 110 valence electrons. The van der Waals surface area contributed by atoms with E-state index < -0.39 is 6.03 Å². The summed E-state index contributed by atoms with van der Waals surface area (Å²) in [5, 5.41) is 14.6. The Hall–Kier alpha value is -2.89. The van der Waals surface area contributed by atoms with E-state index in [1.165, 1.54) is 26.4 Å². The molecule has 0 aliphatic rings. The van der Waals surface area contributed by atoms with Crippen LogP contribution in [0.25, 0.3) is 0 Å². The van der Waals surface area contributed by atoms with Gasteiger partial charge in [-0.05, 0) is 24.3 Å². The molecule has 2 rings (SSSR count). The third-order valence-electron chi connectivity index (χ3n) is 2.77. The Morgan fingerprint density at radius 1 is 1.00 bits per heavy atom. The third kappa shape index (κ3) is 3.56. The van der Waals surface area contributed by atoms with E-state index in [1.807, 2.05) is 0 Å². The Morgan fingerprint density at radius 3 is 2.19 bits per heavy atom. The molecule has 0 atom stereocenters. The fraction of sp³-hybridized carbons (Fsp3) is 0.133. The van der Waals surface area contributed by atoms with Crippen molar-refractivity contribution in [3.63, 3.8) is 0 Å². The average Bonchev–Trinajstić information content (AvgIpc) is 2.47. The van der Waals surface area contributed by atoms with Crippen LogP contribution in [0.15, 0.2) is 42.5 Å². The van der Waals surface area contributed by atoms with E-state index in [9.17, 15) is 9.90 Å². The summed E-state index contributed by atoms with van der Waals surface area (Å²) in [6.07, 6.45) is 0. The molecule has 2 aromatic carbocycles. The van der Waals surface area contributed by atoms with E-state index in [0.29, 0.717) is 22.9 Å². The number of benzene rings is 2. The first-order valence-corrected chi connectivity index (χ1v) is 6.22. The maximum atomic E-state index is 12.0. The average molecular weight is 288 g/mol. The minimum atomic E-state index is -0.469. The number of anilines is 2. The lowest BCUT2D eigenvalue weighted by Gasteiger charge is -2.14. The summed E-state index contributed by atoms with van der Waals surface area (Å²) >= 11 is 0. The van der Waals surface area contributed by atoms with Gasteiger partial charge in [-0.2, -0.15) is 0 Å². The topological polar surface area (TPSA) is 79.8 Å². The molecule has 0 radical (unpaired) electrons. The fourth-order valence-electron chi connectivity index (χ4n) is 1.83. The van der Waals surface area contributed by atoms with Crippen molar-refractivity contribution in [3.8, 4) is 17.2 Å². The molecule has 0 heterocycles. The number of rotatable bonds is 4. The number of carbonyl (C=O) groups is 1. The summed E-state index contributed by atoms with van der Waals surface area (Å²) in [4.78, 5) is 12.0. The molecule has 0 saturated heterocycles. The lowest BCUT2D eigenvalue weighted by molar-refractivity contribution is 0.262. The predicted molar refractivity (Wildman–Crippen MR) is 80.3 cm³/mol. The van der Waals surface area contributed by atoms with Crippen LogP contribution in [0.1, 0.15) is 0 Å². The van der Waals surface area contributed by atoms with Gasteiger partial charge in [-0.25, -0.2) is 4.79 Å². The van der Waals surface area contributed by atoms with Crippen molar-refractivity contribution in [2.24, 2.45) is 0 Å². The Morgan fingerprint density at radius 2 is 1.62 bits per heavy atom. The van der Waals surface area contributed by atoms with Crippen molar-refractivity contribution in [2.45, 2.75) is 0 Å². The van der Waals surface area contributed by atoms with Crippen LogP contribution in [-0.2, 0) is 0 Å². The number of nitrogens with one attached hydrogen (secondary N) is 2. The Kier molecular flexibility index (Phi) is 4.50. The summed E-state index contributed by atoms with van der Waals surface area (Å²) in [7, 11) is 3.01. The van der Waals surface area contributed by atoms with E-state index in [2.05, 4.69) is 10.6 Å². The first kappa shape index (κ1) is 14.5. The second-order valence-electron chi connectivity index (χ2n) is 4.17. The molecule has 0 spiro atoms. The Balaban J connectivity index is 2.16. The number of hydrogen-bond acceptors (Lipinski definition) is 4. The minimum absolute atomic E-state index is 0.0719. The van der Waals surface area contributed by atoms with Gasteiger partial charge in [0.1, 0.15) is 22.9 Å². The summed E-state index contributed by atoms with van der Waals surface area (Å²) < 4.78 is 10.4. The van der Waals surface area contributed by atoms with Crippen LogP contribution >= 0.6 is 0 Å². The number of aromatic hydroxyl groups is 1. The highest BCUT2D eigenvalue weighted by Crippen LogP contribution is 2.34. The minimum Gasteiger partial charge on any atom is -0.508 e. The van der Waals surface area contributed by atoms with Crippen molar-refractivity contribution >= 4 is 17.4 Å². The van der Waals surface area contributed by atoms with Crippen LogP contribution in [0.3, 0.4) is 0 Å². The lowest BCUT2D eigenvalue weighted by Crippen LogP contribution is -2.20. The highest BCUT2D eigenvalue weighted by molar-refractivity contribution is 6.01. The number of ether oxygens (including phenoxy) is 2. The van der Waals surface area contributed by atoms with Gasteiger partial charge < -0.3 is 25.2 Å². The molecule has 0 bridgehead atoms. The molecule has 0 unspecified atom stereocenters. The number of methoxy groups -OCH3 is 2. The molecule has 0 aliphatic carbocycles. The molecule has 2 aromatic rings. The van der Waals surface area contributed by atoms with E-state index in [4.69, 9.17) is 9.47 Å². The predicted octanol–water partition coefficient (Wildman–Crippen LogP) is 3.05. The fourth-order valence-corrected chi connectivity index (χ4v) is 1.83. The summed E-state index contributed by atoms with van der Waals surface area (Å²) in [5.41, 5.74) is 0.904. The maximum absolute atomic E-state index is 12.0. The van der Waals surface area contributed by atoms with Crippen molar-refractivity contribution in [1.29, 1.82) is 0 Å². The molecule has 0 saturated carbocycles. The Bertz CT molecular complexity index is 621. The molecule has 3 N–H and O–H groups in total. The van der Waals surface area contributed by atoms with Crippen LogP contribution in [-0.4, -0.2) is 25.4 Å². The smallest absolute Gasteiger partial charge is 0.323 e. The SMILES string of the molecule is COc1cccc(OC)c1NC(=O)Nc1cccc(O)c1. The molecule has 0 fully saturated rings. The normalized spacial score (nSPS) is 9.81. The molecule has 0 aliphatic heterocycles. The number of amides is 2. The van der Waals surface area contributed by atoms with Crippen LogP contribution in [0.4, 0.5) is 16.2 Å². The summed E-state index contributed by atoms with van der Waals surface area (Å²) in [6, 6.07) is 11.0. The van der Waals surface area contributed by atoms with E-state index in [1.54, 1.807) is 30.3 Å². The summed E-state index contributed by atoms with van der Waals surface area (Å²) in [5.74, 6) is 1.04. The monoisotopic (exact) mass is 288 g/mol. The van der Waals surface area contributed by atoms with E-state index in [-0.39, 0.29) is 5.75 Å². The number of urea groups is 1. The van der Waals surface area contributed by atoms with Crippen molar-refractivity contribution in [3.05, 3.63) is 42.5 Å².